The van der Waals surface area contributed by atoms with Gasteiger partial charge in [-0.1, -0.05) is 36.4 Å². The van der Waals surface area contributed by atoms with Crippen LogP contribution in [0.25, 0.3) is 11.1 Å². The number of ether oxygens (including phenoxy) is 2. The normalized spacial score (nSPS) is 10.3. The van der Waals surface area contributed by atoms with Crippen molar-refractivity contribution in [2.24, 2.45) is 0 Å². The molecule has 4 nitrogen and oxygen atoms in total. The van der Waals surface area contributed by atoms with Gasteiger partial charge in [0.15, 0.2) is 11.5 Å². The van der Waals surface area contributed by atoms with E-state index in [1.54, 1.807) is 26.4 Å². The maximum Gasteiger partial charge on any atom is 0.255 e. The van der Waals surface area contributed by atoms with E-state index in [1.807, 2.05) is 61.5 Å². The molecule has 0 radical (unpaired) electrons. The Morgan fingerprint density at radius 2 is 1.46 bits per heavy atom. The van der Waals surface area contributed by atoms with E-state index in [1.165, 1.54) is 0 Å². The highest BCUT2D eigenvalue weighted by Gasteiger charge is 2.10. The van der Waals surface area contributed by atoms with Crippen LogP contribution in [0.15, 0.2) is 66.7 Å². The molecule has 3 aromatic carbocycles. The predicted octanol–water partition coefficient (Wildman–Crippen LogP) is 4.93. The van der Waals surface area contributed by atoms with Crippen LogP contribution in [-0.2, 0) is 0 Å². The topological polar surface area (TPSA) is 47.6 Å². The molecule has 0 heterocycles. The van der Waals surface area contributed by atoms with Crippen LogP contribution in [0.5, 0.6) is 11.5 Å². The number of amides is 1. The smallest absolute Gasteiger partial charge is 0.255 e. The molecule has 0 saturated heterocycles. The second-order valence-corrected chi connectivity index (χ2v) is 5.92. The summed E-state index contributed by atoms with van der Waals surface area (Å²) in [7, 11) is 3.23. The Bertz CT molecular complexity index is 920. The molecule has 26 heavy (non-hydrogen) atoms. The largest absolute Gasteiger partial charge is 0.493 e. The molecule has 0 aromatic heterocycles. The van der Waals surface area contributed by atoms with Crippen molar-refractivity contribution in [1.82, 2.24) is 0 Å². The number of carbonyl (C=O) groups is 1. The second-order valence-electron chi connectivity index (χ2n) is 5.92. The van der Waals surface area contributed by atoms with E-state index >= 15 is 0 Å². The van der Waals surface area contributed by atoms with Crippen LogP contribution in [0, 0.1) is 6.92 Å². The fourth-order valence-electron chi connectivity index (χ4n) is 2.74. The minimum Gasteiger partial charge on any atom is -0.493 e. The Kier molecular flexibility index (Phi) is 5.23. The first-order chi connectivity index (χ1) is 12.6. The van der Waals surface area contributed by atoms with Crippen molar-refractivity contribution in [3.05, 3.63) is 77.9 Å². The molecule has 132 valence electrons. The summed E-state index contributed by atoms with van der Waals surface area (Å²) in [6.07, 6.45) is 0. The second kappa shape index (κ2) is 7.74. The summed E-state index contributed by atoms with van der Waals surface area (Å²) in [5, 5.41) is 2.99. The SMILES string of the molecule is COc1ccc(-c2ccc(C)c(NC(=O)c3ccccc3)c2)cc1OC. The van der Waals surface area contributed by atoms with Crippen molar-refractivity contribution in [1.29, 1.82) is 0 Å². The summed E-state index contributed by atoms with van der Waals surface area (Å²) in [5.41, 5.74) is 4.38. The van der Waals surface area contributed by atoms with Crippen molar-refractivity contribution in [3.8, 4) is 22.6 Å². The van der Waals surface area contributed by atoms with Crippen LogP contribution in [0.1, 0.15) is 15.9 Å². The zero-order chi connectivity index (χ0) is 18.5. The number of carbonyl (C=O) groups excluding carboxylic acids is 1. The number of nitrogens with one attached hydrogen (secondary N) is 1. The molecule has 0 atom stereocenters. The summed E-state index contributed by atoms with van der Waals surface area (Å²) in [6, 6.07) is 20.9. The number of hydrogen-bond donors (Lipinski definition) is 1. The number of methoxy groups -OCH3 is 2. The Labute approximate surface area is 153 Å². The molecule has 1 amide bonds. The number of aryl methyl sites for hydroxylation is 1. The lowest BCUT2D eigenvalue weighted by molar-refractivity contribution is 0.102. The molecule has 1 N–H and O–H groups in total. The van der Waals surface area contributed by atoms with Crippen molar-refractivity contribution in [2.45, 2.75) is 6.92 Å². The third-order valence-corrected chi connectivity index (χ3v) is 4.24. The Hall–Kier alpha value is -3.27. The first-order valence-electron chi connectivity index (χ1n) is 8.32. The molecule has 0 bridgehead atoms. The molecule has 0 saturated carbocycles. The van der Waals surface area contributed by atoms with Crippen molar-refractivity contribution >= 4 is 11.6 Å². The van der Waals surface area contributed by atoms with Crippen molar-refractivity contribution in [3.63, 3.8) is 0 Å². The first kappa shape index (κ1) is 17.5. The molecule has 3 rings (SSSR count). The predicted molar refractivity (Wildman–Crippen MR) is 104 cm³/mol. The van der Waals surface area contributed by atoms with Gasteiger partial charge in [0.05, 0.1) is 14.2 Å². The van der Waals surface area contributed by atoms with E-state index in [2.05, 4.69) is 5.32 Å². The molecule has 0 spiro atoms. The molecule has 0 unspecified atom stereocenters. The first-order valence-corrected chi connectivity index (χ1v) is 8.32. The lowest BCUT2D eigenvalue weighted by Gasteiger charge is -2.13. The molecule has 3 aromatic rings. The van der Waals surface area contributed by atoms with Crippen LogP contribution in [-0.4, -0.2) is 20.1 Å². The molecule has 0 aliphatic rings. The Morgan fingerprint density at radius 3 is 2.15 bits per heavy atom. The van der Waals surface area contributed by atoms with E-state index in [-0.39, 0.29) is 5.91 Å². The summed E-state index contributed by atoms with van der Waals surface area (Å²) < 4.78 is 10.7. The minimum atomic E-state index is -0.127. The molecule has 4 heteroatoms. The third kappa shape index (κ3) is 3.70. The van der Waals surface area contributed by atoms with Crippen molar-refractivity contribution in [2.75, 3.05) is 19.5 Å². The zero-order valence-corrected chi connectivity index (χ0v) is 15.1. The molecule has 0 aliphatic heterocycles. The van der Waals surface area contributed by atoms with Crippen LogP contribution < -0.4 is 14.8 Å². The number of anilines is 1. The summed E-state index contributed by atoms with van der Waals surface area (Å²) in [5.74, 6) is 1.22. The minimum absolute atomic E-state index is 0.127. The van der Waals surface area contributed by atoms with Gasteiger partial charge < -0.3 is 14.8 Å². The summed E-state index contributed by atoms with van der Waals surface area (Å²) >= 11 is 0. The van der Waals surface area contributed by atoms with Gasteiger partial charge in [-0.15, -0.1) is 0 Å². The zero-order valence-electron chi connectivity index (χ0n) is 15.1. The molecular weight excluding hydrogens is 326 g/mol. The maximum absolute atomic E-state index is 12.5. The molecule has 0 fully saturated rings. The fourth-order valence-corrected chi connectivity index (χ4v) is 2.74. The monoisotopic (exact) mass is 347 g/mol. The van der Waals surface area contributed by atoms with Gasteiger partial charge in [-0.2, -0.15) is 0 Å². The van der Waals surface area contributed by atoms with E-state index < -0.39 is 0 Å². The highest BCUT2D eigenvalue weighted by molar-refractivity contribution is 6.04. The quantitative estimate of drug-likeness (QED) is 0.712. The Balaban J connectivity index is 1.92. The van der Waals surface area contributed by atoms with Gasteiger partial charge in [0.25, 0.3) is 5.91 Å². The highest BCUT2D eigenvalue weighted by Crippen LogP contribution is 2.33. The summed E-state index contributed by atoms with van der Waals surface area (Å²) in [6.45, 7) is 1.97. The average Bonchev–Trinajstić information content (AvgIpc) is 2.69. The standard InChI is InChI=1S/C22H21NO3/c1-15-9-10-17(18-11-12-20(25-2)21(14-18)26-3)13-19(15)23-22(24)16-7-5-4-6-8-16/h4-14H,1-3H3,(H,23,24). The van der Waals surface area contributed by atoms with Crippen molar-refractivity contribution < 1.29 is 14.3 Å². The fraction of sp³-hybridized carbons (Fsp3) is 0.136. The van der Waals surface area contributed by atoms with Gasteiger partial charge in [-0.3, -0.25) is 4.79 Å². The third-order valence-electron chi connectivity index (χ3n) is 4.24. The van der Waals surface area contributed by atoms with Gasteiger partial charge in [0, 0.05) is 11.3 Å². The van der Waals surface area contributed by atoms with Gasteiger partial charge in [0.1, 0.15) is 0 Å². The van der Waals surface area contributed by atoms with Crippen LogP contribution in [0.3, 0.4) is 0 Å². The molecule has 0 aliphatic carbocycles. The number of hydrogen-bond acceptors (Lipinski definition) is 3. The average molecular weight is 347 g/mol. The van der Waals surface area contributed by atoms with E-state index in [9.17, 15) is 4.79 Å². The highest BCUT2D eigenvalue weighted by atomic mass is 16.5. The maximum atomic E-state index is 12.5. The van der Waals surface area contributed by atoms with Gasteiger partial charge in [0.2, 0.25) is 0 Å². The molecular formula is C22H21NO3. The lowest BCUT2D eigenvalue weighted by Crippen LogP contribution is -2.12. The van der Waals surface area contributed by atoms with Gasteiger partial charge >= 0.3 is 0 Å². The van der Waals surface area contributed by atoms with Gasteiger partial charge in [-0.05, 0) is 53.9 Å². The summed E-state index contributed by atoms with van der Waals surface area (Å²) in [4.78, 5) is 12.5. The van der Waals surface area contributed by atoms with Crippen LogP contribution >= 0.6 is 0 Å². The van der Waals surface area contributed by atoms with E-state index in [4.69, 9.17) is 9.47 Å². The van der Waals surface area contributed by atoms with Gasteiger partial charge in [-0.25, -0.2) is 0 Å². The van der Waals surface area contributed by atoms with E-state index in [0.717, 1.165) is 22.4 Å². The van der Waals surface area contributed by atoms with E-state index in [0.29, 0.717) is 17.1 Å². The number of benzene rings is 3. The Morgan fingerprint density at radius 1 is 0.808 bits per heavy atom. The number of rotatable bonds is 5. The van der Waals surface area contributed by atoms with Crippen LogP contribution in [0.2, 0.25) is 0 Å². The lowest BCUT2D eigenvalue weighted by atomic mass is 10.0. The van der Waals surface area contributed by atoms with Crippen LogP contribution in [0.4, 0.5) is 5.69 Å².